The van der Waals surface area contributed by atoms with Gasteiger partial charge in [0.2, 0.25) is 0 Å². The van der Waals surface area contributed by atoms with Crippen LogP contribution in [0.5, 0.6) is 0 Å². The van der Waals surface area contributed by atoms with Gasteiger partial charge in [0.25, 0.3) is 10.0 Å². The minimum absolute atomic E-state index is 0.284. The molecule has 0 spiro atoms. The van der Waals surface area contributed by atoms with E-state index in [-0.39, 0.29) is 4.90 Å². The van der Waals surface area contributed by atoms with Gasteiger partial charge in [-0.3, -0.25) is 9.71 Å². The predicted octanol–water partition coefficient (Wildman–Crippen LogP) is 2.44. The maximum absolute atomic E-state index is 12.2. The highest BCUT2D eigenvalue weighted by atomic mass is 32.2. The second-order valence-electron chi connectivity index (χ2n) is 4.63. The molecular formula is C13H17N3O2S2. The van der Waals surface area contributed by atoms with E-state index in [1.54, 1.807) is 29.8 Å². The van der Waals surface area contributed by atoms with Crippen LogP contribution in [0.3, 0.4) is 0 Å². The molecule has 0 aromatic carbocycles. The number of sulfonamides is 1. The fraction of sp³-hybridized carbons (Fsp3) is 0.308. The van der Waals surface area contributed by atoms with Gasteiger partial charge in [0.1, 0.15) is 0 Å². The molecule has 2 heterocycles. The summed E-state index contributed by atoms with van der Waals surface area (Å²) in [5, 5.41) is 4.91. The predicted molar refractivity (Wildman–Crippen MR) is 81.3 cm³/mol. The fourth-order valence-corrected chi connectivity index (χ4v) is 3.81. The maximum Gasteiger partial charge on any atom is 0.262 e. The molecule has 0 aliphatic heterocycles. The summed E-state index contributed by atoms with van der Waals surface area (Å²) in [6, 6.07) is 5.41. The van der Waals surface area contributed by atoms with Crippen LogP contribution in [0.2, 0.25) is 0 Å². The minimum atomic E-state index is -3.54. The molecule has 7 heteroatoms. The summed E-state index contributed by atoms with van der Waals surface area (Å²) in [6.07, 6.45) is 3.07. The zero-order chi connectivity index (χ0) is 14.6. The highest BCUT2D eigenvalue weighted by Crippen LogP contribution is 2.21. The molecule has 5 nitrogen and oxygen atoms in total. The Kier molecular flexibility index (Phi) is 4.74. The Bertz CT molecular complexity index is 651. The zero-order valence-corrected chi connectivity index (χ0v) is 13.0. The third-order valence-electron chi connectivity index (χ3n) is 2.54. The molecule has 0 unspecified atom stereocenters. The molecule has 2 rings (SSSR count). The van der Waals surface area contributed by atoms with Crippen molar-refractivity contribution in [1.29, 1.82) is 0 Å². The first-order valence-corrected chi connectivity index (χ1v) is 8.57. The van der Waals surface area contributed by atoms with Crippen LogP contribution in [-0.2, 0) is 16.6 Å². The minimum Gasteiger partial charge on any atom is -0.310 e. The molecule has 0 aliphatic carbocycles. The van der Waals surface area contributed by atoms with Crippen molar-refractivity contribution in [3.8, 4) is 0 Å². The lowest BCUT2D eigenvalue weighted by molar-refractivity contribution is 0.592. The van der Waals surface area contributed by atoms with Crippen molar-refractivity contribution >= 4 is 27.0 Å². The van der Waals surface area contributed by atoms with Gasteiger partial charge < -0.3 is 5.32 Å². The number of anilines is 1. The highest BCUT2D eigenvalue weighted by molar-refractivity contribution is 7.92. The Balaban J connectivity index is 2.10. The van der Waals surface area contributed by atoms with Gasteiger partial charge in [-0.15, -0.1) is 11.3 Å². The quantitative estimate of drug-likeness (QED) is 0.859. The smallest absolute Gasteiger partial charge is 0.262 e. The van der Waals surface area contributed by atoms with Crippen LogP contribution < -0.4 is 10.0 Å². The van der Waals surface area contributed by atoms with Crippen LogP contribution in [-0.4, -0.2) is 19.4 Å². The van der Waals surface area contributed by atoms with E-state index >= 15 is 0 Å². The van der Waals surface area contributed by atoms with E-state index in [1.165, 1.54) is 17.5 Å². The van der Waals surface area contributed by atoms with Gasteiger partial charge in [-0.25, -0.2) is 8.42 Å². The SMILES string of the molecule is CC(C)NCc1cc(S(=O)(=O)Nc2cccnc2)cs1. The normalized spacial score (nSPS) is 11.8. The third-order valence-corrected chi connectivity index (χ3v) is 4.98. The van der Waals surface area contributed by atoms with Crippen molar-refractivity contribution in [3.63, 3.8) is 0 Å². The Labute approximate surface area is 123 Å². The average molecular weight is 311 g/mol. The number of rotatable bonds is 6. The van der Waals surface area contributed by atoms with Crippen molar-refractivity contribution in [3.05, 3.63) is 40.8 Å². The monoisotopic (exact) mass is 311 g/mol. The van der Waals surface area contributed by atoms with Crippen LogP contribution in [0.15, 0.2) is 40.9 Å². The molecule has 0 amide bonds. The number of hydrogen-bond acceptors (Lipinski definition) is 5. The molecule has 2 aromatic rings. The van der Waals surface area contributed by atoms with Gasteiger partial charge in [0, 0.05) is 29.0 Å². The number of thiophene rings is 1. The Hall–Kier alpha value is -1.44. The summed E-state index contributed by atoms with van der Waals surface area (Å²) in [6.45, 7) is 4.77. The van der Waals surface area contributed by atoms with E-state index in [0.29, 0.717) is 18.3 Å². The van der Waals surface area contributed by atoms with E-state index in [4.69, 9.17) is 0 Å². The summed E-state index contributed by atoms with van der Waals surface area (Å²) < 4.78 is 26.9. The summed E-state index contributed by atoms with van der Waals surface area (Å²) in [7, 11) is -3.54. The maximum atomic E-state index is 12.2. The lowest BCUT2D eigenvalue weighted by Gasteiger charge is -2.06. The van der Waals surface area contributed by atoms with E-state index < -0.39 is 10.0 Å². The highest BCUT2D eigenvalue weighted by Gasteiger charge is 2.16. The molecular weight excluding hydrogens is 294 g/mol. The van der Waals surface area contributed by atoms with Gasteiger partial charge in [-0.2, -0.15) is 0 Å². The van der Waals surface area contributed by atoms with Crippen molar-refractivity contribution in [2.75, 3.05) is 4.72 Å². The van der Waals surface area contributed by atoms with E-state index in [1.807, 2.05) is 0 Å². The number of aromatic nitrogens is 1. The molecule has 0 atom stereocenters. The lowest BCUT2D eigenvalue weighted by Crippen LogP contribution is -2.21. The first kappa shape index (κ1) is 15.0. The number of pyridine rings is 1. The molecule has 0 saturated carbocycles. The Morgan fingerprint density at radius 3 is 2.85 bits per heavy atom. The van der Waals surface area contributed by atoms with Crippen LogP contribution in [0.1, 0.15) is 18.7 Å². The summed E-state index contributed by atoms with van der Waals surface area (Å²) >= 11 is 1.43. The topological polar surface area (TPSA) is 71.1 Å². The largest absolute Gasteiger partial charge is 0.310 e. The second kappa shape index (κ2) is 6.34. The Morgan fingerprint density at radius 1 is 1.40 bits per heavy atom. The van der Waals surface area contributed by atoms with Crippen LogP contribution in [0.4, 0.5) is 5.69 Å². The van der Waals surface area contributed by atoms with Crippen LogP contribution in [0.25, 0.3) is 0 Å². The van der Waals surface area contributed by atoms with Gasteiger partial charge in [0.15, 0.2) is 0 Å². The first-order chi connectivity index (χ1) is 9.47. The number of nitrogens with one attached hydrogen (secondary N) is 2. The Morgan fingerprint density at radius 2 is 2.20 bits per heavy atom. The average Bonchev–Trinajstić information content (AvgIpc) is 2.86. The number of hydrogen-bond donors (Lipinski definition) is 2. The molecule has 2 aromatic heterocycles. The summed E-state index contributed by atoms with van der Waals surface area (Å²) in [5.41, 5.74) is 0.459. The molecule has 108 valence electrons. The zero-order valence-electron chi connectivity index (χ0n) is 11.3. The van der Waals surface area contributed by atoms with E-state index in [2.05, 4.69) is 28.9 Å². The standard InChI is InChI=1S/C13H17N3O2S2/c1-10(2)15-8-12-6-13(9-19-12)20(17,18)16-11-4-3-5-14-7-11/h3-7,9-10,15-16H,8H2,1-2H3. The van der Waals surface area contributed by atoms with Gasteiger partial charge >= 0.3 is 0 Å². The summed E-state index contributed by atoms with van der Waals surface area (Å²) in [5.74, 6) is 0. The van der Waals surface area contributed by atoms with Crippen molar-refractivity contribution in [2.45, 2.75) is 31.3 Å². The fourth-order valence-electron chi connectivity index (χ4n) is 1.54. The van der Waals surface area contributed by atoms with Gasteiger partial charge in [0.05, 0.1) is 16.8 Å². The first-order valence-electron chi connectivity index (χ1n) is 6.21. The molecule has 0 fully saturated rings. The van der Waals surface area contributed by atoms with E-state index in [0.717, 1.165) is 4.88 Å². The summed E-state index contributed by atoms with van der Waals surface area (Å²) in [4.78, 5) is 5.16. The van der Waals surface area contributed by atoms with Gasteiger partial charge in [-0.05, 0) is 18.2 Å². The van der Waals surface area contributed by atoms with Gasteiger partial charge in [-0.1, -0.05) is 13.8 Å². The van der Waals surface area contributed by atoms with Crippen LogP contribution in [0, 0.1) is 0 Å². The number of nitrogens with zero attached hydrogens (tertiary/aromatic N) is 1. The van der Waals surface area contributed by atoms with Crippen LogP contribution >= 0.6 is 11.3 Å². The van der Waals surface area contributed by atoms with E-state index in [9.17, 15) is 8.42 Å². The second-order valence-corrected chi connectivity index (χ2v) is 7.31. The third kappa shape index (κ3) is 4.03. The molecule has 0 aliphatic rings. The molecule has 0 bridgehead atoms. The molecule has 0 saturated heterocycles. The molecule has 2 N–H and O–H groups in total. The van der Waals surface area contributed by atoms with Crippen molar-refractivity contribution < 1.29 is 8.42 Å². The lowest BCUT2D eigenvalue weighted by atomic mass is 10.4. The molecule has 0 radical (unpaired) electrons. The molecule has 20 heavy (non-hydrogen) atoms. The van der Waals surface area contributed by atoms with Crippen molar-refractivity contribution in [2.24, 2.45) is 0 Å². The van der Waals surface area contributed by atoms with Crippen molar-refractivity contribution in [1.82, 2.24) is 10.3 Å².